The number of nitrogens with one attached hydrogen (secondary N) is 1. The summed E-state index contributed by atoms with van der Waals surface area (Å²) in [5.41, 5.74) is 1.46. The second kappa shape index (κ2) is 6.78. The van der Waals surface area contributed by atoms with Crippen LogP contribution in [0, 0.1) is 23.7 Å². The number of anilines is 1. The number of hydrogen-bond donors (Lipinski definition) is 3. The quantitative estimate of drug-likeness (QED) is 0.726. The maximum atomic E-state index is 12.3. The van der Waals surface area contributed by atoms with Crippen LogP contribution < -0.4 is 10.2 Å². The fourth-order valence-electron chi connectivity index (χ4n) is 4.99. The number of aromatic nitrogens is 2. The normalized spacial score (nSPS) is 30.5. The predicted molar refractivity (Wildman–Crippen MR) is 97.1 cm³/mol. The molecular formula is C19H28N4O3. The molecule has 0 aromatic carbocycles. The maximum Gasteiger partial charge on any atom is 0.270 e. The molecular weight excluding hydrogens is 332 g/mol. The van der Waals surface area contributed by atoms with Gasteiger partial charge in [-0.25, -0.2) is 9.97 Å². The van der Waals surface area contributed by atoms with Gasteiger partial charge in [-0.2, -0.15) is 0 Å². The monoisotopic (exact) mass is 360 g/mol. The minimum Gasteiger partial charge on any atom is -0.396 e. The van der Waals surface area contributed by atoms with Crippen LogP contribution in [0.3, 0.4) is 0 Å². The third kappa shape index (κ3) is 2.77. The van der Waals surface area contributed by atoms with Crippen LogP contribution in [0.2, 0.25) is 0 Å². The Morgan fingerprint density at radius 2 is 1.81 bits per heavy atom. The summed E-state index contributed by atoms with van der Waals surface area (Å²) in [7, 11) is 0. The van der Waals surface area contributed by atoms with E-state index in [-0.39, 0.29) is 36.9 Å². The molecule has 142 valence electrons. The van der Waals surface area contributed by atoms with Gasteiger partial charge in [0.15, 0.2) is 0 Å². The largest absolute Gasteiger partial charge is 0.396 e. The van der Waals surface area contributed by atoms with E-state index in [4.69, 9.17) is 4.98 Å². The molecule has 1 saturated carbocycles. The van der Waals surface area contributed by atoms with Gasteiger partial charge >= 0.3 is 0 Å². The first-order valence-corrected chi connectivity index (χ1v) is 9.69. The fraction of sp³-hybridized carbons (Fsp3) is 0.737. The average molecular weight is 360 g/mol. The van der Waals surface area contributed by atoms with Crippen molar-refractivity contribution >= 4 is 11.7 Å². The molecule has 1 saturated heterocycles. The van der Waals surface area contributed by atoms with Crippen molar-refractivity contribution in [3.8, 4) is 0 Å². The fourth-order valence-corrected chi connectivity index (χ4v) is 4.99. The van der Waals surface area contributed by atoms with Crippen molar-refractivity contribution in [2.24, 2.45) is 23.7 Å². The highest BCUT2D eigenvalue weighted by atomic mass is 16.3. The van der Waals surface area contributed by atoms with Gasteiger partial charge in [0.1, 0.15) is 17.3 Å². The van der Waals surface area contributed by atoms with Crippen LogP contribution in [0.4, 0.5) is 5.82 Å². The first-order chi connectivity index (χ1) is 12.5. The van der Waals surface area contributed by atoms with Gasteiger partial charge in [0.25, 0.3) is 5.91 Å². The summed E-state index contributed by atoms with van der Waals surface area (Å²) in [6, 6.07) is 0. The molecule has 2 aliphatic heterocycles. The van der Waals surface area contributed by atoms with Gasteiger partial charge in [0.05, 0.1) is 0 Å². The highest BCUT2D eigenvalue weighted by Gasteiger charge is 2.48. The summed E-state index contributed by atoms with van der Waals surface area (Å²) in [6.07, 6.45) is 1.64. The third-order valence-electron chi connectivity index (χ3n) is 6.39. The van der Waals surface area contributed by atoms with E-state index in [1.165, 1.54) is 0 Å². The summed E-state index contributed by atoms with van der Waals surface area (Å²) < 4.78 is 0. The van der Waals surface area contributed by atoms with Crippen LogP contribution in [0.1, 0.15) is 48.1 Å². The highest BCUT2D eigenvalue weighted by Crippen LogP contribution is 2.47. The molecule has 0 unspecified atom stereocenters. The molecule has 1 aromatic rings. The number of fused-ring (bicyclic) bond motifs is 2. The van der Waals surface area contributed by atoms with Gasteiger partial charge in [-0.05, 0) is 36.5 Å². The van der Waals surface area contributed by atoms with Crippen LogP contribution in [0.15, 0.2) is 0 Å². The van der Waals surface area contributed by atoms with Crippen molar-refractivity contribution in [2.75, 3.05) is 37.7 Å². The molecule has 4 atom stereocenters. The maximum absolute atomic E-state index is 12.3. The molecule has 7 nitrogen and oxygen atoms in total. The molecule has 2 fully saturated rings. The molecule has 3 heterocycles. The molecule has 0 spiro atoms. The van der Waals surface area contributed by atoms with E-state index in [2.05, 4.69) is 15.2 Å². The zero-order valence-corrected chi connectivity index (χ0v) is 15.5. The molecule has 7 heteroatoms. The van der Waals surface area contributed by atoms with Crippen LogP contribution in [-0.4, -0.2) is 58.9 Å². The van der Waals surface area contributed by atoms with E-state index >= 15 is 0 Å². The van der Waals surface area contributed by atoms with Gasteiger partial charge in [-0.3, -0.25) is 4.79 Å². The van der Waals surface area contributed by atoms with Crippen LogP contribution in [-0.2, 0) is 6.42 Å². The SMILES string of the molecule is CC(C)c1nc2c(c(N3C[C@@H]4[C@H](CO)C[C@H](CO)[C@@H]4C3)n1)CCNC2=O. The molecule has 3 N–H and O–H groups in total. The van der Waals surface area contributed by atoms with Crippen LogP contribution in [0.25, 0.3) is 0 Å². The molecule has 3 aliphatic rings. The van der Waals surface area contributed by atoms with Gasteiger partial charge < -0.3 is 20.4 Å². The van der Waals surface area contributed by atoms with Gasteiger partial charge in [0.2, 0.25) is 0 Å². The highest BCUT2D eigenvalue weighted by molar-refractivity contribution is 5.96. The predicted octanol–water partition coefficient (Wildman–Crippen LogP) is 0.559. The summed E-state index contributed by atoms with van der Waals surface area (Å²) in [6.45, 7) is 6.69. The Labute approximate surface area is 153 Å². The summed E-state index contributed by atoms with van der Waals surface area (Å²) in [5, 5.41) is 22.4. The summed E-state index contributed by atoms with van der Waals surface area (Å²) in [4.78, 5) is 24.0. The lowest BCUT2D eigenvalue weighted by Gasteiger charge is -2.27. The Kier molecular flexibility index (Phi) is 4.61. The second-order valence-corrected chi connectivity index (χ2v) is 8.25. The molecule has 0 bridgehead atoms. The number of carbonyl (C=O) groups excluding carboxylic acids is 1. The molecule has 1 amide bonds. The summed E-state index contributed by atoms with van der Waals surface area (Å²) in [5.74, 6) is 2.86. The van der Waals surface area contributed by atoms with Gasteiger partial charge in [-0.1, -0.05) is 13.8 Å². The lowest BCUT2D eigenvalue weighted by atomic mass is 9.91. The van der Waals surface area contributed by atoms with Crippen molar-refractivity contribution in [3.05, 3.63) is 17.1 Å². The number of nitrogens with zero attached hydrogens (tertiary/aromatic N) is 3. The lowest BCUT2D eigenvalue weighted by molar-refractivity contribution is 0.0940. The average Bonchev–Trinajstić information content (AvgIpc) is 3.20. The van der Waals surface area contributed by atoms with E-state index in [0.29, 0.717) is 29.9 Å². The van der Waals surface area contributed by atoms with E-state index < -0.39 is 0 Å². The molecule has 1 aliphatic carbocycles. The number of amides is 1. The van der Waals surface area contributed by atoms with Crippen molar-refractivity contribution in [3.63, 3.8) is 0 Å². The Hall–Kier alpha value is -1.73. The van der Waals surface area contributed by atoms with Crippen molar-refractivity contribution in [1.29, 1.82) is 0 Å². The smallest absolute Gasteiger partial charge is 0.270 e. The van der Waals surface area contributed by atoms with E-state index in [1.807, 2.05) is 13.8 Å². The standard InChI is InChI=1S/C19H28N4O3/c1-10(2)17-21-16-13(3-4-20-19(16)26)18(22-17)23-6-14-11(8-24)5-12(9-25)15(14)7-23/h10-12,14-15,24-25H,3-9H2,1-2H3,(H,20,26)/t11-,12+,14+,15-. The minimum absolute atomic E-state index is 0.113. The zero-order chi connectivity index (χ0) is 18.4. The number of rotatable bonds is 4. The second-order valence-electron chi connectivity index (χ2n) is 8.25. The zero-order valence-electron chi connectivity index (χ0n) is 15.5. The molecule has 0 radical (unpaired) electrons. The van der Waals surface area contributed by atoms with Crippen LogP contribution in [0.5, 0.6) is 0 Å². The van der Waals surface area contributed by atoms with Crippen LogP contribution >= 0.6 is 0 Å². The number of aliphatic hydroxyl groups excluding tert-OH is 2. The van der Waals surface area contributed by atoms with E-state index in [1.54, 1.807) is 0 Å². The number of hydrogen-bond acceptors (Lipinski definition) is 6. The first kappa shape index (κ1) is 17.7. The number of carbonyl (C=O) groups is 1. The summed E-state index contributed by atoms with van der Waals surface area (Å²) >= 11 is 0. The third-order valence-corrected chi connectivity index (χ3v) is 6.39. The Balaban J connectivity index is 1.71. The first-order valence-electron chi connectivity index (χ1n) is 9.69. The molecule has 26 heavy (non-hydrogen) atoms. The van der Waals surface area contributed by atoms with E-state index in [9.17, 15) is 15.0 Å². The van der Waals surface area contributed by atoms with Crippen molar-refractivity contribution in [1.82, 2.24) is 15.3 Å². The van der Waals surface area contributed by atoms with E-state index in [0.717, 1.165) is 37.3 Å². The van der Waals surface area contributed by atoms with Crippen molar-refractivity contribution < 1.29 is 15.0 Å². The lowest BCUT2D eigenvalue weighted by Crippen LogP contribution is -2.36. The topological polar surface area (TPSA) is 98.6 Å². The molecule has 1 aromatic heterocycles. The van der Waals surface area contributed by atoms with Gasteiger partial charge in [0, 0.05) is 44.3 Å². The van der Waals surface area contributed by atoms with Crippen molar-refractivity contribution in [2.45, 2.75) is 32.6 Å². The Morgan fingerprint density at radius 3 is 2.38 bits per heavy atom. The van der Waals surface area contributed by atoms with Gasteiger partial charge in [-0.15, -0.1) is 0 Å². The minimum atomic E-state index is -0.113. The Bertz CT molecular complexity index is 690. The Morgan fingerprint density at radius 1 is 1.15 bits per heavy atom. The molecule has 4 rings (SSSR count). The number of aliphatic hydroxyl groups is 2.